The summed E-state index contributed by atoms with van der Waals surface area (Å²) in [5.74, 6) is -0.355. The molecule has 0 saturated carbocycles. The maximum atomic E-state index is 12.9. The Morgan fingerprint density at radius 3 is 2.82 bits per heavy atom. The molecule has 0 unspecified atom stereocenters. The van der Waals surface area contributed by atoms with Gasteiger partial charge in [0.1, 0.15) is 18.1 Å². The Balaban J connectivity index is 1.66. The van der Waals surface area contributed by atoms with Gasteiger partial charge in [0.05, 0.1) is 5.69 Å². The topological polar surface area (TPSA) is 78.1 Å². The number of carbonyl (C=O) groups excluding carboxylic acids is 1. The van der Waals surface area contributed by atoms with Crippen molar-refractivity contribution in [1.29, 1.82) is 0 Å². The lowest BCUT2D eigenvalue weighted by Crippen LogP contribution is -2.05. The second kappa shape index (κ2) is 6.02. The number of rotatable bonds is 4. The Morgan fingerprint density at radius 1 is 1.36 bits per heavy atom. The van der Waals surface area contributed by atoms with Crippen LogP contribution in [0.2, 0.25) is 0 Å². The van der Waals surface area contributed by atoms with E-state index in [1.807, 2.05) is 0 Å². The van der Waals surface area contributed by atoms with Crippen LogP contribution in [0.15, 0.2) is 34.9 Å². The van der Waals surface area contributed by atoms with Crippen LogP contribution in [0.1, 0.15) is 21.1 Å². The molecular weight excluding hydrogens is 309 g/mol. The van der Waals surface area contributed by atoms with Gasteiger partial charge in [-0.2, -0.15) is 0 Å². The average molecular weight is 319 g/mol. The number of aromatic nitrogens is 3. The number of hydrogen-bond acceptors (Lipinski definition) is 7. The van der Waals surface area contributed by atoms with Gasteiger partial charge in [-0.1, -0.05) is 9.64 Å². The van der Waals surface area contributed by atoms with Crippen LogP contribution in [0.3, 0.4) is 0 Å². The predicted molar refractivity (Wildman–Crippen MR) is 75.7 cm³/mol. The van der Waals surface area contributed by atoms with E-state index < -0.39 is 5.97 Å². The third-order valence-electron chi connectivity index (χ3n) is 2.88. The lowest BCUT2D eigenvalue weighted by Gasteiger charge is -1.99. The first-order chi connectivity index (χ1) is 10.6. The molecule has 8 heteroatoms. The summed E-state index contributed by atoms with van der Waals surface area (Å²) in [4.78, 5) is 12.2. The van der Waals surface area contributed by atoms with E-state index in [0.29, 0.717) is 27.6 Å². The van der Waals surface area contributed by atoms with Gasteiger partial charge >= 0.3 is 5.97 Å². The zero-order valence-electron chi connectivity index (χ0n) is 11.4. The lowest BCUT2D eigenvalue weighted by atomic mass is 10.1. The van der Waals surface area contributed by atoms with E-state index in [1.54, 1.807) is 25.1 Å². The van der Waals surface area contributed by atoms with Crippen LogP contribution in [-0.2, 0) is 11.3 Å². The molecule has 0 aliphatic carbocycles. The molecule has 22 heavy (non-hydrogen) atoms. The summed E-state index contributed by atoms with van der Waals surface area (Å²) in [5.41, 5.74) is 1.68. The second-order valence-electron chi connectivity index (χ2n) is 4.45. The molecule has 0 spiro atoms. The lowest BCUT2D eigenvalue weighted by molar-refractivity contribution is 0.0469. The fourth-order valence-corrected chi connectivity index (χ4v) is 2.31. The molecule has 112 valence electrons. The highest BCUT2D eigenvalue weighted by atomic mass is 32.1. The van der Waals surface area contributed by atoms with Crippen LogP contribution >= 0.6 is 11.5 Å². The summed E-state index contributed by atoms with van der Waals surface area (Å²) in [7, 11) is 0. The Labute approximate surface area is 128 Å². The molecule has 0 aliphatic rings. The second-order valence-corrected chi connectivity index (χ2v) is 5.21. The van der Waals surface area contributed by atoms with Gasteiger partial charge in [0.15, 0.2) is 10.6 Å². The van der Waals surface area contributed by atoms with Gasteiger partial charge in [0.25, 0.3) is 0 Å². The number of aryl methyl sites for hydroxylation is 1. The van der Waals surface area contributed by atoms with Crippen molar-refractivity contribution < 1.29 is 18.4 Å². The molecule has 3 aromatic rings. The summed E-state index contributed by atoms with van der Waals surface area (Å²) < 4.78 is 26.8. The third kappa shape index (κ3) is 3.01. The van der Waals surface area contributed by atoms with Crippen LogP contribution in [0, 0.1) is 12.7 Å². The quantitative estimate of drug-likeness (QED) is 0.688. The summed E-state index contributed by atoms with van der Waals surface area (Å²) in [6, 6.07) is 7.46. The van der Waals surface area contributed by atoms with E-state index in [1.165, 1.54) is 12.1 Å². The van der Waals surface area contributed by atoms with Crippen molar-refractivity contribution in [2.24, 2.45) is 0 Å². The number of hydrogen-bond donors (Lipinski definition) is 0. The van der Waals surface area contributed by atoms with Gasteiger partial charge in [-0.15, -0.1) is 5.10 Å². The minimum atomic E-state index is -0.501. The molecule has 0 bridgehead atoms. The van der Waals surface area contributed by atoms with Gasteiger partial charge in [-0.05, 0) is 42.7 Å². The normalized spacial score (nSPS) is 10.6. The van der Waals surface area contributed by atoms with E-state index in [4.69, 9.17) is 9.26 Å². The molecule has 0 aliphatic heterocycles. The van der Waals surface area contributed by atoms with E-state index >= 15 is 0 Å². The molecular formula is C14H10FN3O3S. The highest BCUT2D eigenvalue weighted by Crippen LogP contribution is 2.21. The first-order valence-corrected chi connectivity index (χ1v) is 7.08. The molecule has 0 fully saturated rings. The molecule has 0 saturated heterocycles. The first-order valence-electron chi connectivity index (χ1n) is 6.31. The van der Waals surface area contributed by atoms with Gasteiger partial charge in [0, 0.05) is 11.6 Å². The number of ether oxygens (including phenoxy) is 1. The number of halogens is 1. The SMILES string of the molecule is Cc1nnsc1C(=O)OCc1cc(-c2ccc(F)cc2)on1. The van der Waals surface area contributed by atoms with Crippen molar-refractivity contribution in [2.45, 2.75) is 13.5 Å². The average Bonchev–Trinajstić information content (AvgIpc) is 3.14. The minimum Gasteiger partial charge on any atom is -0.455 e. The summed E-state index contributed by atoms with van der Waals surface area (Å²) in [6.07, 6.45) is 0. The van der Waals surface area contributed by atoms with Crippen molar-refractivity contribution in [3.8, 4) is 11.3 Å². The highest BCUT2D eigenvalue weighted by molar-refractivity contribution is 7.07. The van der Waals surface area contributed by atoms with Crippen molar-refractivity contribution >= 4 is 17.5 Å². The standard InChI is InChI=1S/C14H10FN3O3S/c1-8-13(22-18-16-8)14(19)20-7-11-6-12(21-17-11)9-2-4-10(15)5-3-9/h2-6H,7H2,1H3. The minimum absolute atomic E-state index is 0.0269. The maximum absolute atomic E-state index is 12.9. The predicted octanol–water partition coefficient (Wildman–Crippen LogP) is 3.00. The summed E-state index contributed by atoms with van der Waals surface area (Å²) >= 11 is 0.981. The molecule has 0 N–H and O–H groups in total. The molecule has 3 rings (SSSR count). The zero-order chi connectivity index (χ0) is 15.5. The number of esters is 1. The molecule has 6 nitrogen and oxygen atoms in total. The number of nitrogens with zero attached hydrogens (tertiary/aromatic N) is 3. The van der Waals surface area contributed by atoms with Gasteiger partial charge in [0.2, 0.25) is 0 Å². The van der Waals surface area contributed by atoms with Gasteiger partial charge < -0.3 is 9.26 Å². The van der Waals surface area contributed by atoms with Crippen LogP contribution in [0.25, 0.3) is 11.3 Å². The monoisotopic (exact) mass is 319 g/mol. The van der Waals surface area contributed by atoms with Crippen LogP contribution in [0.4, 0.5) is 4.39 Å². The first kappa shape index (κ1) is 14.3. The van der Waals surface area contributed by atoms with E-state index in [-0.39, 0.29) is 12.4 Å². The van der Waals surface area contributed by atoms with Crippen molar-refractivity contribution in [3.63, 3.8) is 0 Å². The zero-order valence-corrected chi connectivity index (χ0v) is 12.3. The Kier molecular flexibility index (Phi) is 3.92. The van der Waals surface area contributed by atoms with Crippen LogP contribution in [0.5, 0.6) is 0 Å². The Hall–Kier alpha value is -2.61. The van der Waals surface area contributed by atoms with Crippen molar-refractivity contribution in [1.82, 2.24) is 14.7 Å². The highest BCUT2D eigenvalue weighted by Gasteiger charge is 2.16. The molecule has 0 amide bonds. The maximum Gasteiger partial charge on any atom is 0.352 e. The van der Waals surface area contributed by atoms with E-state index in [2.05, 4.69) is 14.7 Å². The Bertz CT molecular complexity index is 798. The molecule has 2 heterocycles. The van der Waals surface area contributed by atoms with E-state index in [0.717, 1.165) is 11.5 Å². The smallest absolute Gasteiger partial charge is 0.352 e. The van der Waals surface area contributed by atoms with Gasteiger partial charge in [-0.25, -0.2) is 9.18 Å². The summed E-state index contributed by atoms with van der Waals surface area (Å²) in [5, 5.41) is 7.56. The van der Waals surface area contributed by atoms with Gasteiger partial charge in [-0.3, -0.25) is 0 Å². The van der Waals surface area contributed by atoms with Crippen LogP contribution in [-0.4, -0.2) is 20.7 Å². The van der Waals surface area contributed by atoms with Crippen molar-refractivity contribution in [3.05, 3.63) is 52.4 Å². The largest absolute Gasteiger partial charge is 0.455 e. The Morgan fingerprint density at radius 2 is 2.14 bits per heavy atom. The number of carbonyl (C=O) groups is 1. The van der Waals surface area contributed by atoms with E-state index in [9.17, 15) is 9.18 Å². The fraction of sp³-hybridized carbons (Fsp3) is 0.143. The summed E-state index contributed by atoms with van der Waals surface area (Å²) in [6.45, 7) is 1.66. The fourth-order valence-electron chi connectivity index (χ4n) is 1.75. The molecule has 1 aromatic carbocycles. The molecule has 0 radical (unpaired) electrons. The molecule has 0 atom stereocenters. The molecule has 2 aromatic heterocycles. The third-order valence-corrected chi connectivity index (χ3v) is 3.68. The number of benzene rings is 1. The van der Waals surface area contributed by atoms with Crippen molar-refractivity contribution in [2.75, 3.05) is 0 Å². The van der Waals surface area contributed by atoms with Crippen LogP contribution < -0.4 is 0 Å².